The molecule has 6 nitrogen and oxygen atoms in total. The third-order valence-corrected chi connectivity index (χ3v) is 2.98. The minimum Gasteiger partial charge on any atom is -0.497 e. The Labute approximate surface area is 112 Å². The lowest BCUT2D eigenvalue weighted by Gasteiger charge is -2.23. The molecule has 2 unspecified atom stereocenters. The Kier molecular flexibility index (Phi) is 5.14. The van der Waals surface area contributed by atoms with Gasteiger partial charge in [0.25, 0.3) is 0 Å². The van der Waals surface area contributed by atoms with Crippen molar-refractivity contribution in [2.24, 2.45) is 11.5 Å². The van der Waals surface area contributed by atoms with Crippen molar-refractivity contribution in [2.45, 2.75) is 25.4 Å². The van der Waals surface area contributed by atoms with Crippen LogP contribution in [0.25, 0.3) is 0 Å². The highest BCUT2D eigenvalue weighted by Crippen LogP contribution is 2.33. The Morgan fingerprint density at radius 2 is 1.95 bits per heavy atom. The molecule has 1 aromatic carbocycles. The van der Waals surface area contributed by atoms with Gasteiger partial charge in [0.05, 0.1) is 20.6 Å². The molecule has 0 heterocycles. The third-order valence-electron chi connectivity index (χ3n) is 2.98. The maximum Gasteiger partial charge on any atom is 0.304 e. The van der Waals surface area contributed by atoms with Crippen LogP contribution in [0, 0.1) is 6.92 Å². The molecule has 0 aliphatic rings. The Morgan fingerprint density at radius 1 is 1.32 bits per heavy atom. The number of hydrogen-bond donors (Lipinski definition) is 3. The molecule has 0 fully saturated rings. The number of rotatable bonds is 6. The first-order valence-corrected chi connectivity index (χ1v) is 5.86. The highest BCUT2D eigenvalue weighted by atomic mass is 16.5. The first-order valence-electron chi connectivity index (χ1n) is 5.86. The van der Waals surface area contributed by atoms with Gasteiger partial charge in [-0.25, -0.2) is 0 Å². The van der Waals surface area contributed by atoms with E-state index >= 15 is 0 Å². The minimum atomic E-state index is -0.979. The number of carbonyl (C=O) groups is 1. The monoisotopic (exact) mass is 268 g/mol. The average molecular weight is 268 g/mol. The second-order valence-electron chi connectivity index (χ2n) is 4.35. The van der Waals surface area contributed by atoms with Crippen LogP contribution in [-0.2, 0) is 4.79 Å². The van der Waals surface area contributed by atoms with E-state index in [1.807, 2.05) is 13.0 Å². The van der Waals surface area contributed by atoms with Crippen LogP contribution in [0.15, 0.2) is 12.1 Å². The van der Waals surface area contributed by atoms with Crippen LogP contribution < -0.4 is 20.9 Å². The standard InChI is InChI=1S/C13H20N2O4/c1-7-4-8(18-2)5-10(19-3)12(7)13(15)9(14)6-11(16)17/h4-5,9,13H,6,14-15H2,1-3H3,(H,16,17). The predicted octanol–water partition coefficient (Wildman–Crippen LogP) is 0.814. The molecule has 0 saturated heterocycles. The van der Waals surface area contributed by atoms with Gasteiger partial charge in [-0.3, -0.25) is 4.79 Å². The van der Waals surface area contributed by atoms with Crippen molar-refractivity contribution in [3.05, 3.63) is 23.3 Å². The van der Waals surface area contributed by atoms with E-state index in [9.17, 15) is 4.79 Å². The molecule has 0 spiro atoms. The fourth-order valence-electron chi connectivity index (χ4n) is 1.99. The van der Waals surface area contributed by atoms with E-state index in [-0.39, 0.29) is 6.42 Å². The van der Waals surface area contributed by atoms with E-state index in [2.05, 4.69) is 0 Å². The normalized spacial score (nSPS) is 13.7. The Bertz CT molecular complexity index is 462. The van der Waals surface area contributed by atoms with Gasteiger partial charge in [0, 0.05) is 23.7 Å². The molecular formula is C13H20N2O4. The minimum absolute atomic E-state index is 0.199. The molecule has 0 aliphatic carbocycles. The molecule has 2 atom stereocenters. The number of nitrogens with two attached hydrogens (primary N) is 2. The van der Waals surface area contributed by atoms with E-state index < -0.39 is 18.1 Å². The number of ether oxygens (including phenoxy) is 2. The zero-order valence-corrected chi connectivity index (χ0v) is 11.3. The van der Waals surface area contributed by atoms with E-state index in [4.69, 9.17) is 26.0 Å². The second-order valence-corrected chi connectivity index (χ2v) is 4.35. The highest BCUT2D eigenvalue weighted by Gasteiger charge is 2.23. The van der Waals surface area contributed by atoms with Crippen molar-refractivity contribution in [3.63, 3.8) is 0 Å². The van der Waals surface area contributed by atoms with Crippen molar-refractivity contribution >= 4 is 5.97 Å². The molecule has 1 rings (SSSR count). The van der Waals surface area contributed by atoms with Gasteiger partial charge in [0.2, 0.25) is 0 Å². The number of aryl methyl sites for hydroxylation is 1. The van der Waals surface area contributed by atoms with Crippen LogP contribution in [0.1, 0.15) is 23.6 Å². The molecular weight excluding hydrogens is 248 g/mol. The molecule has 5 N–H and O–H groups in total. The maximum absolute atomic E-state index is 10.7. The topological polar surface area (TPSA) is 108 Å². The van der Waals surface area contributed by atoms with Crippen LogP contribution >= 0.6 is 0 Å². The van der Waals surface area contributed by atoms with E-state index in [0.29, 0.717) is 17.1 Å². The van der Waals surface area contributed by atoms with E-state index in [0.717, 1.165) is 5.56 Å². The molecule has 0 aromatic heterocycles. The second kappa shape index (κ2) is 6.40. The largest absolute Gasteiger partial charge is 0.497 e. The van der Waals surface area contributed by atoms with Crippen molar-refractivity contribution in [1.29, 1.82) is 0 Å². The molecule has 6 heteroatoms. The lowest BCUT2D eigenvalue weighted by Crippen LogP contribution is -2.36. The molecule has 0 amide bonds. The fourth-order valence-corrected chi connectivity index (χ4v) is 1.99. The summed E-state index contributed by atoms with van der Waals surface area (Å²) < 4.78 is 10.4. The van der Waals surface area contributed by atoms with Crippen LogP contribution in [0.5, 0.6) is 11.5 Å². The number of methoxy groups -OCH3 is 2. The van der Waals surface area contributed by atoms with Gasteiger partial charge in [-0.2, -0.15) is 0 Å². The summed E-state index contributed by atoms with van der Waals surface area (Å²) in [5, 5.41) is 8.77. The van der Waals surface area contributed by atoms with Crippen LogP contribution in [0.3, 0.4) is 0 Å². The van der Waals surface area contributed by atoms with Crippen molar-refractivity contribution in [3.8, 4) is 11.5 Å². The van der Waals surface area contributed by atoms with Crippen LogP contribution in [0.2, 0.25) is 0 Å². The summed E-state index contributed by atoms with van der Waals surface area (Å²) in [5.74, 6) is 0.218. The summed E-state index contributed by atoms with van der Waals surface area (Å²) >= 11 is 0. The van der Waals surface area contributed by atoms with Gasteiger partial charge < -0.3 is 26.0 Å². The zero-order valence-electron chi connectivity index (χ0n) is 11.3. The molecule has 106 valence electrons. The van der Waals surface area contributed by atoms with Gasteiger partial charge in [-0.15, -0.1) is 0 Å². The summed E-state index contributed by atoms with van der Waals surface area (Å²) in [7, 11) is 3.08. The first kappa shape index (κ1) is 15.3. The Balaban J connectivity index is 3.14. The van der Waals surface area contributed by atoms with Gasteiger partial charge in [0.1, 0.15) is 11.5 Å². The highest BCUT2D eigenvalue weighted by molar-refractivity contribution is 5.67. The van der Waals surface area contributed by atoms with Crippen LogP contribution in [-0.4, -0.2) is 31.3 Å². The van der Waals surface area contributed by atoms with Gasteiger partial charge in [-0.05, 0) is 18.6 Å². The summed E-state index contributed by atoms with van der Waals surface area (Å²) in [6, 6.07) is 2.22. The molecule has 0 radical (unpaired) electrons. The lowest BCUT2D eigenvalue weighted by atomic mass is 9.93. The number of benzene rings is 1. The predicted molar refractivity (Wildman–Crippen MR) is 71.4 cm³/mol. The quantitative estimate of drug-likeness (QED) is 0.704. The van der Waals surface area contributed by atoms with Gasteiger partial charge in [0.15, 0.2) is 0 Å². The number of carboxylic acids is 1. The number of aliphatic carboxylic acids is 1. The Hall–Kier alpha value is -1.79. The number of hydrogen-bond acceptors (Lipinski definition) is 5. The number of carboxylic acid groups (broad SMARTS) is 1. The Morgan fingerprint density at radius 3 is 2.42 bits per heavy atom. The van der Waals surface area contributed by atoms with E-state index in [1.165, 1.54) is 7.11 Å². The van der Waals surface area contributed by atoms with Crippen molar-refractivity contribution < 1.29 is 19.4 Å². The summed E-state index contributed by atoms with van der Waals surface area (Å²) in [5.41, 5.74) is 13.4. The first-order chi connectivity index (χ1) is 8.90. The van der Waals surface area contributed by atoms with Crippen molar-refractivity contribution in [1.82, 2.24) is 0 Å². The van der Waals surface area contributed by atoms with Crippen molar-refractivity contribution in [2.75, 3.05) is 14.2 Å². The molecule has 19 heavy (non-hydrogen) atoms. The maximum atomic E-state index is 10.7. The fraction of sp³-hybridized carbons (Fsp3) is 0.462. The SMILES string of the molecule is COc1cc(C)c(C(N)C(N)CC(=O)O)c(OC)c1. The van der Waals surface area contributed by atoms with Crippen LogP contribution in [0.4, 0.5) is 0 Å². The summed E-state index contributed by atoms with van der Waals surface area (Å²) in [4.78, 5) is 10.7. The zero-order chi connectivity index (χ0) is 14.6. The average Bonchev–Trinajstić information content (AvgIpc) is 2.35. The molecule has 1 aromatic rings. The van der Waals surface area contributed by atoms with Gasteiger partial charge >= 0.3 is 5.97 Å². The summed E-state index contributed by atoms with van der Waals surface area (Å²) in [6.45, 7) is 1.85. The van der Waals surface area contributed by atoms with E-state index in [1.54, 1.807) is 13.2 Å². The summed E-state index contributed by atoms with van der Waals surface area (Å²) in [6.07, 6.45) is -0.199. The molecule has 0 bridgehead atoms. The molecule has 0 aliphatic heterocycles. The molecule has 0 saturated carbocycles. The third kappa shape index (κ3) is 3.59. The van der Waals surface area contributed by atoms with Gasteiger partial charge in [-0.1, -0.05) is 0 Å². The lowest BCUT2D eigenvalue weighted by molar-refractivity contribution is -0.137. The smallest absolute Gasteiger partial charge is 0.304 e.